The maximum Gasteiger partial charge on any atom is 0.339 e. The summed E-state index contributed by atoms with van der Waals surface area (Å²) in [6.45, 7) is 3.30. The van der Waals surface area contributed by atoms with Gasteiger partial charge in [-0.15, -0.1) is 0 Å². The number of rotatable bonds is 7. The highest BCUT2D eigenvalue weighted by Crippen LogP contribution is 2.30. The molecule has 3 rings (SSSR count). The molecule has 7 nitrogen and oxygen atoms in total. The van der Waals surface area contributed by atoms with Crippen molar-refractivity contribution in [3.05, 3.63) is 41.1 Å². The van der Waals surface area contributed by atoms with Gasteiger partial charge in [0.1, 0.15) is 6.04 Å². The van der Waals surface area contributed by atoms with E-state index in [4.69, 9.17) is 9.47 Å². The van der Waals surface area contributed by atoms with E-state index in [0.717, 1.165) is 41.4 Å². The highest BCUT2D eigenvalue weighted by molar-refractivity contribution is 6.05. The standard InChI is InChI=1S/C22H26N2O5/c1-4-13(2)20(22(27)28-3)24-18(25)12-29-21(26)19-14-8-5-6-10-16(14)23-17-11-7-9-15(17)19/h5-6,8,10,13,20H,4,7,9,11-12H2,1-3H3,(H,24,25)/t13-,20-/m1/s1. The first-order valence-electron chi connectivity index (χ1n) is 9.91. The van der Waals surface area contributed by atoms with Gasteiger partial charge in [-0.25, -0.2) is 9.59 Å². The van der Waals surface area contributed by atoms with Crippen molar-refractivity contribution in [3.8, 4) is 0 Å². The third kappa shape index (κ3) is 4.39. The number of nitrogens with zero attached hydrogens (tertiary/aromatic N) is 1. The summed E-state index contributed by atoms with van der Waals surface area (Å²) in [7, 11) is 1.28. The maximum atomic E-state index is 12.9. The lowest BCUT2D eigenvalue weighted by Crippen LogP contribution is -2.47. The Labute approximate surface area is 169 Å². The SMILES string of the molecule is CC[C@@H](C)[C@@H](NC(=O)COC(=O)c1c2c(nc3ccccc13)CCC2)C(=O)OC. The van der Waals surface area contributed by atoms with Crippen LogP contribution in [0.3, 0.4) is 0 Å². The van der Waals surface area contributed by atoms with Gasteiger partial charge in [0, 0.05) is 11.1 Å². The number of ether oxygens (including phenoxy) is 2. The molecule has 2 aromatic rings. The number of aryl methyl sites for hydroxylation is 1. The van der Waals surface area contributed by atoms with Crippen molar-refractivity contribution in [2.75, 3.05) is 13.7 Å². The molecule has 1 aliphatic carbocycles. The summed E-state index contributed by atoms with van der Waals surface area (Å²) >= 11 is 0. The first-order valence-corrected chi connectivity index (χ1v) is 9.91. The first-order chi connectivity index (χ1) is 14.0. The van der Waals surface area contributed by atoms with E-state index in [1.54, 1.807) is 0 Å². The van der Waals surface area contributed by atoms with Crippen molar-refractivity contribution in [1.82, 2.24) is 10.3 Å². The van der Waals surface area contributed by atoms with Gasteiger partial charge in [0.25, 0.3) is 5.91 Å². The Hall–Kier alpha value is -2.96. The van der Waals surface area contributed by atoms with Crippen LogP contribution in [0.2, 0.25) is 0 Å². The molecule has 0 radical (unpaired) electrons. The average molecular weight is 398 g/mol. The summed E-state index contributed by atoms with van der Waals surface area (Å²) in [6, 6.07) is 6.66. The molecule has 2 atom stereocenters. The van der Waals surface area contributed by atoms with Crippen LogP contribution in [0, 0.1) is 5.92 Å². The molecule has 1 aromatic carbocycles. The summed E-state index contributed by atoms with van der Waals surface area (Å²) in [6.07, 6.45) is 3.23. The topological polar surface area (TPSA) is 94.6 Å². The number of hydrogen-bond donors (Lipinski definition) is 1. The van der Waals surface area contributed by atoms with Gasteiger partial charge in [-0.2, -0.15) is 0 Å². The van der Waals surface area contributed by atoms with Gasteiger partial charge >= 0.3 is 11.9 Å². The number of methoxy groups -OCH3 is 1. The molecule has 29 heavy (non-hydrogen) atoms. The maximum absolute atomic E-state index is 12.9. The van der Waals surface area contributed by atoms with E-state index < -0.39 is 30.5 Å². The van der Waals surface area contributed by atoms with E-state index in [0.29, 0.717) is 12.0 Å². The molecule has 0 saturated carbocycles. The number of hydrogen-bond acceptors (Lipinski definition) is 6. The van der Waals surface area contributed by atoms with Crippen molar-refractivity contribution in [2.24, 2.45) is 5.92 Å². The molecule has 0 aliphatic heterocycles. The smallest absolute Gasteiger partial charge is 0.339 e. The molecule has 154 valence electrons. The highest BCUT2D eigenvalue weighted by Gasteiger charge is 2.28. The number of benzene rings is 1. The predicted octanol–water partition coefficient (Wildman–Crippen LogP) is 2.58. The number of pyridine rings is 1. The van der Waals surface area contributed by atoms with Crippen LogP contribution in [0.4, 0.5) is 0 Å². The second-order valence-corrected chi connectivity index (χ2v) is 7.31. The van der Waals surface area contributed by atoms with Crippen molar-refractivity contribution >= 4 is 28.7 Å². The Kier molecular flexibility index (Phi) is 6.46. The number of fused-ring (bicyclic) bond motifs is 2. The molecule has 1 N–H and O–H groups in total. The van der Waals surface area contributed by atoms with Crippen LogP contribution in [0.5, 0.6) is 0 Å². The molecule has 1 aromatic heterocycles. The Balaban J connectivity index is 1.75. The minimum atomic E-state index is -0.776. The zero-order valence-electron chi connectivity index (χ0n) is 17.0. The fourth-order valence-corrected chi connectivity index (χ4v) is 3.66. The number of carbonyl (C=O) groups is 3. The van der Waals surface area contributed by atoms with Gasteiger partial charge in [0.15, 0.2) is 6.61 Å². The number of carbonyl (C=O) groups excluding carboxylic acids is 3. The van der Waals surface area contributed by atoms with Crippen LogP contribution < -0.4 is 5.32 Å². The molecule has 0 unspecified atom stereocenters. The van der Waals surface area contributed by atoms with Crippen LogP contribution in [-0.4, -0.2) is 42.6 Å². The molecule has 0 saturated heterocycles. The van der Waals surface area contributed by atoms with Crippen LogP contribution in [0.15, 0.2) is 24.3 Å². The fourth-order valence-electron chi connectivity index (χ4n) is 3.66. The Morgan fingerprint density at radius 1 is 1.21 bits per heavy atom. The molecular weight excluding hydrogens is 372 g/mol. The van der Waals surface area contributed by atoms with Crippen LogP contribution in [0.1, 0.15) is 48.3 Å². The lowest BCUT2D eigenvalue weighted by Gasteiger charge is -2.21. The average Bonchev–Trinajstić information content (AvgIpc) is 3.20. The van der Waals surface area contributed by atoms with E-state index in [-0.39, 0.29) is 5.92 Å². The normalized spacial score (nSPS) is 14.7. The number of aromatic nitrogens is 1. The summed E-state index contributed by atoms with van der Waals surface area (Å²) in [4.78, 5) is 41.8. The predicted molar refractivity (Wildman–Crippen MR) is 107 cm³/mol. The molecular formula is C22H26N2O5. The van der Waals surface area contributed by atoms with E-state index in [9.17, 15) is 14.4 Å². The van der Waals surface area contributed by atoms with Crippen molar-refractivity contribution in [1.29, 1.82) is 0 Å². The molecule has 1 amide bonds. The van der Waals surface area contributed by atoms with Crippen molar-refractivity contribution in [3.63, 3.8) is 0 Å². The van der Waals surface area contributed by atoms with Crippen molar-refractivity contribution in [2.45, 2.75) is 45.6 Å². The monoisotopic (exact) mass is 398 g/mol. The Morgan fingerprint density at radius 2 is 1.97 bits per heavy atom. The molecule has 1 aliphatic rings. The molecule has 0 fully saturated rings. The highest BCUT2D eigenvalue weighted by atomic mass is 16.5. The molecule has 7 heteroatoms. The minimum Gasteiger partial charge on any atom is -0.467 e. The lowest BCUT2D eigenvalue weighted by atomic mass is 9.99. The lowest BCUT2D eigenvalue weighted by molar-refractivity contribution is -0.147. The summed E-state index contributed by atoms with van der Waals surface area (Å²) in [5, 5.41) is 3.34. The molecule has 0 spiro atoms. The van der Waals surface area contributed by atoms with Gasteiger partial charge < -0.3 is 14.8 Å². The van der Waals surface area contributed by atoms with E-state index in [1.165, 1.54) is 7.11 Å². The Morgan fingerprint density at radius 3 is 2.69 bits per heavy atom. The van der Waals surface area contributed by atoms with Gasteiger partial charge in [-0.3, -0.25) is 9.78 Å². The fraction of sp³-hybridized carbons (Fsp3) is 0.455. The van der Waals surface area contributed by atoms with Gasteiger partial charge in [0.05, 0.1) is 18.2 Å². The van der Waals surface area contributed by atoms with Crippen molar-refractivity contribution < 1.29 is 23.9 Å². The second-order valence-electron chi connectivity index (χ2n) is 7.31. The molecule has 0 bridgehead atoms. The number of esters is 2. The van der Waals surface area contributed by atoms with Crippen LogP contribution in [-0.2, 0) is 31.9 Å². The van der Waals surface area contributed by atoms with E-state index in [1.807, 2.05) is 38.1 Å². The zero-order valence-corrected chi connectivity index (χ0v) is 17.0. The van der Waals surface area contributed by atoms with Crippen LogP contribution >= 0.6 is 0 Å². The largest absolute Gasteiger partial charge is 0.467 e. The van der Waals surface area contributed by atoms with Gasteiger partial charge in [-0.05, 0) is 36.8 Å². The van der Waals surface area contributed by atoms with Crippen LogP contribution in [0.25, 0.3) is 10.9 Å². The minimum absolute atomic E-state index is 0.102. The number of amides is 1. The van der Waals surface area contributed by atoms with E-state index >= 15 is 0 Å². The third-order valence-corrected chi connectivity index (χ3v) is 5.44. The second kappa shape index (κ2) is 9.03. The third-order valence-electron chi connectivity index (χ3n) is 5.44. The zero-order chi connectivity index (χ0) is 21.0. The number of nitrogens with one attached hydrogen (secondary N) is 1. The van der Waals surface area contributed by atoms with Gasteiger partial charge in [0.2, 0.25) is 0 Å². The summed E-state index contributed by atoms with van der Waals surface area (Å²) in [5.74, 6) is -1.70. The molecule has 1 heterocycles. The van der Waals surface area contributed by atoms with E-state index in [2.05, 4.69) is 10.3 Å². The Bertz CT molecular complexity index is 940. The first kappa shape index (κ1) is 20.8. The number of para-hydroxylation sites is 1. The summed E-state index contributed by atoms with van der Waals surface area (Å²) < 4.78 is 10.1. The van der Waals surface area contributed by atoms with Gasteiger partial charge in [-0.1, -0.05) is 38.5 Å². The quantitative estimate of drug-likeness (QED) is 0.721. The summed E-state index contributed by atoms with van der Waals surface area (Å²) in [5.41, 5.74) is 3.05.